The number of methoxy groups -OCH3 is 1. The molecule has 0 aromatic carbocycles. The molecule has 0 amide bonds. The molecule has 1 N–H and O–H groups in total. The van der Waals surface area contributed by atoms with Gasteiger partial charge in [-0.15, -0.1) is 0 Å². The molecule has 0 saturated heterocycles. The van der Waals surface area contributed by atoms with Crippen molar-refractivity contribution in [1.82, 2.24) is 5.32 Å². The summed E-state index contributed by atoms with van der Waals surface area (Å²) in [5, 5.41) is 3.67. The number of rotatable bonds is 10. The summed E-state index contributed by atoms with van der Waals surface area (Å²) in [6, 6.07) is 0.690. The zero-order valence-electron chi connectivity index (χ0n) is 11.0. The predicted octanol–water partition coefficient (Wildman–Crippen LogP) is 3.22. The molecule has 0 aromatic heterocycles. The summed E-state index contributed by atoms with van der Waals surface area (Å²) in [5.74, 6) is 0.827. The molecular weight excluding hydrogens is 186 g/mol. The van der Waals surface area contributed by atoms with Crippen LogP contribution in [0.1, 0.15) is 52.9 Å². The molecule has 0 aliphatic carbocycles. The fourth-order valence-electron chi connectivity index (χ4n) is 2.14. The Labute approximate surface area is 95.8 Å². The lowest BCUT2D eigenvalue weighted by atomic mass is 9.91. The Morgan fingerprint density at radius 2 is 1.80 bits per heavy atom. The second-order valence-corrected chi connectivity index (χ2v) is 4.27. The molecule has 0 aromatic rings. The maximum Gasteiger partial charge on any atom is 0.0462 e. The van der Waals surface area contributed by atoms with E-state index in [-0.39, 0.29) is 0 Å². The van der Waals surface area contributed by atoms with E-state index in [0.29, 0.717) is 6.04 Å². The summed E-state index contributed by atoms with van der Waals surface area (Å²) >= 11 is 0. The van der Waals surface area contributed by atoms with Crippen LogP contribution in [-0.4, -0.2) is 26.3 Å². The first-order valence-electron chi connectivity index (χ1n) is 6.52. The molecule has 0 radical (unpaired) electrons. The van der Waals surface area contributed by atoms with Gasteiger partial charge in [0.1, 0.15) is 0 Å². The van der Waals surface area contributed by atoms with Gasteiger partial charge in [-0.05, 0) is 31.7 Å². The molecule has 0 spiro atoms. The third kappa shape index (κ3) is 6.91. The summed E-state index contributed by atoms with van der Waals surface area (Å²) in [6.45, 7) is 8.86. The molecule has 2 heteroatoms. The average Bonchev–Trinajstić information content (AvgIpc) is 2.26. The third-order valence-electron chi connectivity index (χ3n) is 3.14. The quantitative estimate of drug-likeness (QED) is 0.565. The summed E-state index contributed by atoms with van der Waals surface area (Å²) in [6.07, 6.45) is 6.21. The zero-order valence-corrected chi connectivity index (χ0v) is 11.0. The molecule has 0 heterocycles. The highest BCUT2D eigenvalue weighted by Crippen LogP contribution is 2.17. The molecule has 0 rings (SSSR count). The highest BCUT2D eigenvalue weighted by atomic mass is 16.5. The fourth-order valence-corrected chi connectivity index (χ4v) is 2.14. The molecule has 0 aliphatic rings. The van der Waals surface area contributed by atoms with Gasteiger partial charge >= 0.3 is 0 Å². The van der Waals surface area contributed by atoms with Crippen LogP contribution in [0.25, 0.3) is 0 Å². The Kier molecular flexibility index (Phi) is 10.4. The lowest BCUT2D eigenvalue weighted by molar-refractivity contribution is 0.182. The van der Waals surface area contributed by atoms with Crippen molar-refractivity contribution in [2.24, 2.45) is 5.92 Å². The predicted molar refractivity (Wildman–Crippen MR) is 67.3 cm³/mol. The molecule has 15 heavy (non-hydrogen) atoms. The van der Waals surface area contributed by atoms with Gasteiger partial charge in [-0.2, -0.15) is 0 Å². The fraction of sp³-hybridized carbons (Fsp3) is 1.00. The minimum absolute atomic E-state index is 0.690. The van der Waals surface area contributed by atoms with Crippen molar-refractivity contribution in [3.63, 3.8) is 0 Å². The molecule has 0 saturated carbocycles. The van der Waals surface area contributed by atoms with Gasteiger partial charge in [0, 0.05) is 19.8 Å². The highest BCUT2D eigenvalue weighted by molar-refractivity contribution is 4.74. The van der Waals surface area contributed by atoms with Crippen LogP contribution in [-0.2, 0) is 4.74 Å². The molecule has 92 valence electrons. The Hall–Kier alpha value is -0.0800. The number of hydrogen-bond acceptors (Lipinski definition) is 2. The van der Waals surface area contributed by atoms with Crippen molar-refractivity contribution in [2.45, 2.75) is 58.9 Å². The normalized spacial score (nSPS) is 13.4. The largest absolute Gasteiger partial charge is 0.385 e. The molecule has 0 aliphatic heterocycles. The summed E-state index contributed by atoms with van der Waals surface area (Å²) in [4.78, 5) is 0. The first-order chi connectivity index (χ1) is 7.29. The van der Waals surface area contributed by atoms with Crippen molar-refractivity contribution in [2.75, 3.05) is 20.3 Å². The molecule has 0 bridgehead atoms. The molecule has 1 unspecified atom stereocenters. The molecule has 2 nitrogen and oxygen atoms in total. The van der Waals surface area contributed by atoms with E-state index in [0.717, 1.165) is 19.1 Å². The monoisotopic (exact) mass is 215 g/mol. The maximum absolute atomic E-state index is 5.12. The first-order valence-corrected chi connectivity index (χ1v) is 6.52. The Morgan fingerprint density at radius 3 is 2.27 bits per heavy atom. The van der Waals surface area contributed by atoms with Crippen molar-refractivity contribution < 1.29 is 4.74 Å². The zero-order chi connectivity index (χ0) is 11.5. The van der Waals surface area contributed by atoms with Gasteiger partial charge in [-0.25, -0.2) is 0 Å². The Balaban J connectivity index is 3.91. The van der Waals surface area contributed by atoms with E-state index in [1.165, 1.54) is 32.1 Å². The Bertz CT molecular complexity index is 124. The number of nitrogens with one attached hydrogen (secondary N) is 1. The van der Waals surface area contributed by atoms with E-state index in [2.05, 4.69) is 26.1 Å². The van der Waals surface area contributed by atoms with Crippen LogP contribution < -0.4 is 5.32 Å². The van der Waals surface area contributed by atoms with Crippen molar-refractivity contribution in [3.8, 4) is 0 Å². The third-order valence-corrected chi connectivity index (χ3v) is 3.14. The van der Waals surface area contributed by atoms with E-state index < -0.39 is 0 Å². The summed E-state index contributed by atoms with van der Waals surface area (Å²) in [7, 11) is 1.78. The van der Waals surface area contributed by atoms with E-state index in [9.17, 15) is 0 Å². The standard InChI is InChI=1S/C13H29NO/c1-5-10-14-13(9-8-11-15-4)12(6-2)7-3/h12-14H,5-11H2,1-4H3. The van der Waals surface area contributed by atoms with Crippen LogP contribution in [0.3, 0.4) is 0 Å². The van der Waals surface area contributed by atoms with Gasteiger partial charge in [0.05, 0.1) is 0 Å². The average molecular weight is 215 g/mol. The minimum atomic E-state index is 0.690. The van der Waals surface area contributed by atoms with Crippen molar-refractivity contribution in [1.29, 1.82) is 0 Å². The van der Waals surface area contributed by atoms with Crippen LogP contribution in [0, 0.1) is 5.92 Å². The number of ether oxygens (including phenoxy) is 1. The van der Waals surface area contributed by atoms with Crippen LogP contribution >= 0.6 is 0 Å². The van der Waals surface area contributed by atoms with Gasteiger partial charge in [-0.3, -0.25) is 0 Å². The van der Waals surface area contributed by atoms with Gasteiger partial charge in [-0.1, -0.05) is 33.6 Å². The maximum atomic E-state index is 5.12. The summed E-state index contributed by atoms with van der Waals surface area (Å²) in [5.41, 5.74) is 0. The number of hydrogen-bond donors (Lipinski definition) is 1. The minimum Gasteiger partial charge on any atom is -0.385 e. The first kappa shape index (κ1) is 14.9. The van der Waals surface area contributed by atoms with E-state index in [1.807, 2.05) is 0 Å². The second-order valence-electron chi connectivity index (χ2n) is 4.27. The van der Waals surface area contributed by atoms with Crippen LogP contribution in [0.5, 0.6) is 0 Å². The summed E-state index contributed by atoms with van der Waals surface area (Å²) < 4.78 is 5.12. The Morgan fingerprint density at radius 1 is 1.13 bits per heavy atom. The van der Waals surface area contributed by atoms with Crippen molar-refractivity contribution in [3.05, 3.63) is 0 Å². The van der Waals surface area contributed by atoms with Gasteiger partial charge in [0.2, 0.25) is 0 Å². The lowest BCUT2D eigenvalue weighted by Crippen LogP contribution is -2.36. The van der Waals surface area contributed by atoms with Crippen molar-refractivity contribution >= 4 is 0 Å². The van der Waals surface area contributed by atoms with Crippen LogP contribution in [0.4, 0.5) is 0 Å². The van der Waals surface area contributed by atoms with Crippen LogP contribution in [0.2, 0.25) is 0 Å². The van der Waals surface area contributed by atoms with E-state index in [1.54, 1.807) is 7.11 Å². The lowest BCUT2D eigenvalue weighted by Gasteiger charge is -2.26. The second kappa shape index (κ2) is 10.4. The highest BCUT2D eigenvalue weighted by Gasteiger charge is 2.16. The van der Waals surface area contributed by atoms with Gasteiger partial charge in [0.15, 0.2) is 0 Å². The molecular formula is C13H29NO. The van der Waals surface area contributed by atoms with E-state index >= 15 is 0 Å². The van der Waals surface area contributed by atoms with Gasteiger partial charge in [0.25, 0.3) is 0 Å². The molecule has 0 fully saturated rings. The van der Waals surface area contributed by atoms with Gasteiger partial charge < -0.3 is 10.1 Å². The SMILES string of the molecule is CCCNC(CCCOC)C(CC)CC. The smallest absolute Gasteiger partial charge is 0.0462 e. The van der Waals surface area contributed by atoms with E-state index in [4.69, 9.17) is 4.74 Å². The topological polar surface area (TPSA) is 21.3 Å². The van der Waals surface area contributed by atoms with Crippen LogP contribution in [0.15, 0.2) is 0 Å². The molecule has 1 atom stereocenters.